The molecule has 2 rings (SSSR count). The normalized spacial score (nSPS) is 9.92. The first-order valence-electron chi connectivity index (χ1n) is 7.64. The number of carbonyl (C=O) groups excluding carboxylic acids is 3. The SMILES string of the molecule is CNC(=O)c1ccc(NC(=O)COC(=O)COc2cccc(Cl)c2)cc1. The van der Waals surface area contributed by atoms with Crippen LogP contribution >= 0.6 is 11.6 Å². The van der Waals surface area contributed by atoms with Gasteiger partial charge in [0.15, 0.2) is 13.2 Å². The van der Waals surface area contributed by atoms with Crippen molar-refractivity contribution >= 4 is 35.1 Å². The first-order valence-corrected chi connectivity index (χ1v) is 8.01. The Morgan fingerprint density at radius 1 is 1.04 bits per heavy atom. The molecule has 0 saturated heterocycles. The average Bonchev–Trinajstić information content (AvgIpc) is 2.64. The summed E-state index contributed by atoms with van der Waals surface area (Å²) in [5, 5.41) is 5.54. The van der Waals surface area contributed by atoms with Crippen LogP contribution < -0.4 is 15.4 Å². The largest absolute Gasteiger partial charge is 0.482 e. The fourth-order valence-corrected chi connectivity index (χ4v) is 2.11. The van der Waals surface area contributed by atoms with Crippen LogP contribution in [0.2, 0.25) is 5.02 Å². The van der Waals surface area contributed by atoms with Gasteiger partial charge in [0.2, 0.25) is 0 Å². The second kappa shape index (κ2) is 9.43. The summed E-state index contributed by atoms with van der Waals surface area (Å²) >= 11 is 5.80. The van der Waals surface area contributed by atoms with Crippen molar-refractivity contribution in [1.29, 1.82) is 0 Å². The molecule has 0 aliphatic carbocycles. The number of amides is 2. The van der Waals surface area contributed by atoms with E-state index in [1.807, 2.05) is 0 Å². The van der Waals surface area contributed by atoms with E-state index < -0.39 is 18.5 Å². The molecule has 26 heavy (non-hydrogen) atoms. The second-order valence-corrected chi connectivity index (χ2v) is 5.55. The molecule has 0 unspecified atom stereocenters. The van der Waals surface area contributed by atoms with E-state index in [0.29, 0.717) is 22.0 Å². The quantitative estimate of drug-likeness (QED) is 0.723. The van der Waals surface area contributed by atoms with E-state index >= 15 is 0 Å². The van der Waals surface area contributed by atoms with Crippen molar-refractivity contribution in [2.45, 2.75) is 0 Å². The lowest BCUT2D eigenvalue weighted by molar-refractivity contribution is -0.149. The zero-order valence-corrected chi connectivity index (χ0v) is 14.7. The van der Waals surface area contributed by atoms with E-state index in [1.54, 1.807) is 48.5 Å². The van der Waals surface area contributed by atoms with Crippen LogP contribution in [0.1, 0.15) is 10.4 Å². The molecule has 0 saturated carbocycles. The third-order valence-corrected chi connectivity index (χ3v) is 3.41. The average molecular weight is 377 g/mol. The molecule has 136 valence electrons. The summed E-state index contributed by atoms with van der Waals surface area (Å²) < 4.78 is 10.1. The highest BCUT2D eigenvalue weighted by atomic mass is 35.5. The summed E-state index contributed by atoms with van der Waals surface area (Å²) in [6, 6.07) is 12.9. The summed E-state index contributed by atoms with van der Waals surface area (Å²) in [6.07, 6.45) is 0. The lowest BCUT2D eigenvalue weighted by Crippen LogP contribution is -2.23. The Kier molecular flexibility index (Phi) is 6.99. The highest BCUT2D eigenvalue weighted by molar-refractivity contribution is 6.30. The number of benzene rings is 2. The Morgan fingerprint density at radius 3 is 2.42 bits per heavy atom. The van der Waals surface area contributed by atoms with E-state index in [4.69, 9.17) is 21.1 Å². The van der Waals surface area contributed by atoms with Gasteiger partial charge in [-0.05, 0) is 42.5 Å². The molecule has 2 amide bonds. The summed E-state index contributed by atoms with van der Waals surface area (Å²) in [7, 11) is 1.53. The maximum Gasteiger partial charge on any atom is 0.344 e. The Morgan fingerprint density at radius 2 is 1.77 bits per heavy atom. The molecule has 0 aliphatic heterocycles. The number of ether oxygens (including phenoxy) is 2. The summed E-state index contributed by atoms with van der Waals surface area (Å²) in [5.74, 6) is -0.990. The molecular weight excluding hydrogens is 360 g/mol. The van der Waals surface area contributed by atoms with Gasteiger partial charge in [-0.2, -0.15) is 0 Å². The number of halogens is 1. The smallest absolute Gasteiger partial charge is 0.344 e. The van der Waals surface area contributed by atoms with Crippen molar-refractivity contribution in [1.82, 2.24) is 5.32 Å². The van der Waals surface area contributed by atoms with Crippen molar-refractivity contribution in [3.05, 3.63) is 59.1 Å². The van der Waals surface area contributed by atoms with E-state index in [1.165, 1.54) is 7.05 Å². The minimum atomic E-state index is -0.685. The molecule has 0 bridgehead atoms. The number of nitrogens with one attached hydrogen (secondary N) is 2. The molecule has 0 spiro atoms. The molecule has 8 heteroatoms. The van der Waals surface area contributed by atoms with Gasteiger partial charge < -0.3 is 20.1 Å². The Balaban J connectivity index is 1.74. The summed E-state index contributed by atoms with van der Waals surface area (Å²) in [5.41, 5.74) is 0.948. The number of esters is 1. The lowest BCUT2D eigenvalue weighted by Gasteiger charge is -2.08. The molecule has 0 radical (unpaired) electrons. The third-order valence-electron chi connectivity index (χ3n) is 3.17. The maximum atomic E-state index is 11.8. The van der Waals surface area contributed by atoms with E-state index in [2.05, 4.69) is 10.6 Å². The fraction of sp³-hybridized carbons (Fsp3) is 0.167. The van der Waals surface area contributed by atoms with Gasteiger partial charge in [-0.3, -0.25) is 9.59 Å². The highest BCUT2D eigenvalue weighted by Crippen LogP contribution is 2.17. The van der Waals surface area contributed by atoms with Gasteiger partial charge in [-0.15, -0.1) is 0 Å². The Hall–Kier alpha value is -3.06. The van der Waals surface area contributed by atoms with Crippen molar-refractivity contribution in [2.24, 2.45) is 0 Å². The maximum absolute atomic E-state index is 11.8. The minimum absolute atomic E-state index is 0.225. The molecule has 7 nitrogen and oxygen atoms in total. The number of rotatable bonds is 7. The molecule has 2 N–H and O–H groups in total. The summed E-state index contributed by atoms with van der Waals surface area (Å²) in [6.45, 7) is -0.788. The van der Waals surface area contributed by atoms with Crippen LogP contribution in [0.15, 0.2) is 48.5 Å². The van der Waals surface area contributed by atoms with Crippen molar-refractivity contribution < 1.29 is 23.9 Å². The van der Waals surface area contributed by atoms with Crippen LogP contribution in [0.5, 0.6) is 5.75 Å². The van der Waals surface area contributed by atoms with E-state index in [0.717, 1.165) is 0 Å². The van der Waals surface area contributed by atoms with E-state index in [-0.39, 0.29) is 12.5 Å². The van der Waals surface area contributed by atoms with Gasteiger partial charge in [0, 0.05) is 23.3 Å². The molecule has 0 heterocycles. The van der Waals surface area contributed by atoms with Gasteiger partial charge in [0.25, 0.3) is 11.8 Å². The Labute approximate surface area is 155 Å². The monoisotopic (exact) mass is 376 g/mol. The van der Waals surface area contributed by atoms with Crippen LogP contribution in [-0.4, -0.2) is 38.0 Å². The van der Waals surface area contributed by atoms with Gasteiger partial charge in [0.05, 0.1) is 0 Å². The molecule has 0 aromatic heterocycles. The predicted octanol–water partition coefficient (Wildman–Crippen LogP) is 2.26. The zero-order chi connectivity index (χ0) is 18.9. The van der Waals surface area contributed by atoms with Gasteiger partial charge in [-0.1, -0.05) is 17.7 Å². The molecule has 0 aliphatic rings. The van der Waals surface area contributed by atoms with Crippen LogP contribution in [-0.2, 0) is 14.3 Å². The van der Waals surface area contributed by atoms with Gasteiger partial charge in [0.1, 0.15) is 5.75 Å². The van der Waals surface area contributed by atoms with Crippen LogP contribution in [0.3, 0.4) is 0 Å². The molecule has 0 fully saturated rings. The molecule has 2 aromatic rings. The van der Waals surface area contributed by atoms with E-state index in [9.17, 15) is 14.4 Å². The topological polar surface area (TPSA) is 93.7 Å². The van der Waals surface area contributed by atoms with Gasteiger partial charge in [-0.25, -0.2) is 4.79 Å². The van der Waals surface area contributed by atoms with Gasteiger partial charge >= 0.3 is 5.97 Å². The predicted molar refractivity (Wildman–Crippen MR) is 96.4 cm³/mol. The number of hydrogen-bond donors (Lipinski definition) is 2. The number of hydrogen-bond acceptors (Lipinski definition) is 5. The second-order valence-electron chi connectivity index (χ2n) is 5.11. The number of anilines is 1. The molecular formula is C18H17ClN2O5. The standard InChI is InChI=1S/C18H17ClN2O5/c1-20-18(24)12-5-7-14(8-6-12)21-16(22)10-26-17(23)11-25-15-4-2-3-13(19)9-15/h2-9H,10-11H2,1H3,(H,20,24)(H,21,22). The van der Waals surface area contributed by atoms with Crippen LogP contribution in [0.25, 0.3) is 0 Å². The third kappa shape index (κ3) is 6.10. The highest BCUT2D eigenvalue weighted by Gasteiger charge is 2.10. The lowest BCUT2D eigenvalue weighted by atomic mass is 10.2. The van der Waals surface area contributed by atoms with Crippen molar-refractivity contribution in [3.8, 4) is 5.75 Å². The molecule has 0 atom stereocenters. The first kappa shape index (κ1) is 19.3. The molecule has 2 aromatic carbocycles. The fourth-order valence-electron chi connectivity index (χ4n) is 1.93. The minimum Gasteiger partial charge on any atom is -0.482 e. The zero-order valence-electron chi connectivity index (χ0n) is 14.0. The number of carbonyl (C=O) groups is 3. The van der Waals surface area contributed by atoms with Crippen LogP contribution in [0.4, 0.5) is 5.69 Å². The first-order chi connectivity index (χ1) is 12.5. The van der Waals surface area contributed by atoms with Crippen molar-refractivity contribution in [2.75, 3.05) is 25.6 Å². The van der Waals surface area contributed by atoms with Crippen LogP contribution in [0, 0.1) is 0 Å². The Bertz CT molecular complexity index is 792. The van der Waals surface area contributed by atoms with Crippen molar-refractivity contribution in [3.63, 3.8) is 0 Å². The summed E-state index contributed by atoms with van der Waals surface area (Å²) in [4.78, 5) is 34.8.